The average molecular weight is 333 g/mol. The smallest absolute Gasteiger partial charge is 0.151 e. The number of halogens is 1. The summed E-state index contributed by atoms with van der Waals surface area (Å²) in [6, 6.07) is 12.6. The Morgan fingerprint density at radius 2 is 2.05 bits per heavy atom. The van der Waals surface area contributed by atoms with Crippen molar-refractivity contribution in [3.63, 3.8) is 0 Å². The fraction of sp³-hybridized carbons (Fsp3) is 0.333. The van der Waals surface area contributed by atoms with Crippen molar-refractivity contribution in [3.05, 3.63) is 40.9 Å². The van der Waals surface area contributed by atoms with Crippen LogP contribution in [0, 0.1) is 0 Å². The van der Waals surface area contributed by atoms with Crippen LogP contribution in [-0.2, 0) is 0 Å². The van der Waals surface area contributed by atoms with Gasteiger partial charge in [-0.05, 0) is 31.2 Å². The third-order valence-corrected chi connectivity index (χ3v) is 4.44. The second kappa shape index (κ2) is 5.89. The van der Waals surface area contributed by atoms with E-state index in [0.29, 0.717) is 6.04 Å². The average Bonchev–Trinajstić information content (AvgIpc) is 3.01. The molecule has 0 spiro atoms. The van der Waals surface area contributed by atoms with E-state index in [1.165, 1.54) is 0 Å². The van der Waals surface area contributed by atoms with E-state index in [-0.39, 0.29) is 0 Å². The number of nitrogens with zero attached hydrogens (tertiary/aromatic N) is 3. The minimum Gasteiger partial charge on any atom is -0.354 e. The zero-order valence-corrected chi connectivity index (χ0v) is 13.0. The first-order valence-electron chi connectivity index (χ1n) is 6.78. The van der Waals surface area contributed by atoms with E-state index in [1.807, 2.05) is 36.4 Å². The Kier molecular flexibility index (Phi) is 3.98. The molecule has 0 aliphatic carbocycles. The standard InChI is InChI=1S/C15H17BrN4/c1-20(11-8-9-17-10-11)15-7-6-14(18-19-15)12-4-2-3-5-13(12)16/h2-7,11,17H,8-10H2,1H3. The number of likely N-dealkylation sites (N-methyl/N-ethyl adjacent to an activating group) is 1. The Morgan fingerprint density at radius 3 is 2.70 bits per heavy atom. The summed E-state index contributed by atoms with van der Waals surface area (Å²) in [5.41, 5.74) is 1.95. The Bertz CT molecular complexity index is 579. The van der Waals surface area contributed by atoms with Gasteiger partial charge in [0.15, 0.2) is 5.82 Å². The molecule has 2 heterocycles. The molecule has 1 saturated heterocycles. The van der Waals surface area contributed by atoms with E-state index in [0.717, 1.165) is 41.1 Å². The van der Waals surface area contributed by atoms with Crippen molar-refractivity contribution in [2.24, 2.45) is 0 Å². The van der Waals surface area contributed by atoms with Crippen LogP contribution < -0.4 is 10.2 Å². The van der Waals surface area contributed by atoms with Crippen molar-refractivity contribution in [2.75, 3.05) is 25.0 Å². The summed E-state index contributed by atoms with van der Waals surface area (Å²) in [4.78, 5) is 2.21. The molecule has 0 bridgehead atoms. The Morgan fingerprint density at radius 1 is 1.20 bits per heavy atom. The molecule has 104 valence electrons. The molecular formula is C15H17BrN4. The number of aromatic nitrogens is 2. The second-order valence-corrected chi connectivity index (χ2v) is 5.87. The van der Waals surface area contributed by atoms with Crippen LogP contribution in [0.1, 0.15) is 6.42 Å². The number of rotatable bonds is 3. The highest BCUT2D eigenvalue weighted by atomic mass is 79.9. The van der Waals surface area contributed by atoms with Crippen molar-refractivity contribution in [1.82, 2.24) is 15.5 Å². The van der Waals surface area contributed by atoms with Gasteiger partial charge in [0.1, 0.15) is 0 Å². The van der Waals surface area contributed by atoms with E-state index in [4.69, 9.17) is 0 Å². The van der Waals surface area contributed by atoms with Gasteiger partial charge in [0.05, 0.1) is 5.69 Å². The second-order valence-electron chi connectivity index (χ2n) is 5.01. The zero-order chi connectivity index (χ0) is 13.9. The quantitative estimate of drug-likeness (QED) is 0.938. The topological polar surface area (TPSA) is 41.1 Å². The van der Waals surface area contributed by atoms with Crippen LogP contribution in [0.3, 0.4) is 0 Å². The highest BCUT2D eigenvalue weighted by Gasteiger charge is 2.20. The van der Waals surface area contributed by atoms with Crippen molar-refractivity contribution in [2.45, 2.75) is 12.5 Å². The van der Waals surface area contributed by atoms with Crippen LogP contribution >= 0.6 is 15.9 Å². The van der Waals surface area contributed by atoms with E-state index in [1.54, 1.807) is 0 Å². The maximum absolute atomic E-state index is 4.37. The molecule has 1 aromatic carbocycles. The number of hydrogen-bond donors (Lipinski definition) is 1. The number of benzene rings is 1. The molecule has 1 aliphatic rings. The van der Waals surface area contributed by atoms with Gasteiger partial charge in [-0.15, -0.1) is 10.2 Å². The van der Waals surface area contributed by atoms with Gasteiger partial charge in [-0.2, -0.15) is 0 Å². The fourth-order valence-electron chi connectivity index (χ4n) is 2.48. The first-order valence-corrected chi connectivity index (χ1v) is 7.57. The highest BCUT2D eigenvalue weighted by molar-refractivity contribution is 9.10. The molecule has 0 saturated carbocycles. The van der Waals surface area contributed by atoms with Crippen LogP contribution in [-0.4, -0.2) is 36.4 Å². The lowest BCUT2D eigenvalue weighted by molar-refractivity contribution is 0.673. The largest absolute Gasteiger partial charge is 0.354 e. The predicted octanol–water partition coefficient (Wildman–Crippen LogP) is 2.70. The van der Waals surface area contributed by atoms with E-state index < -0.39 is 0 Å². The van der Waals surface area contributed by atoms with Crippen LogP contribution in [0.2, 0.25) is 0 Å². The van der Waals surface area contributed by atoms with Crippen LogP contribution in [0.4, 0.5) is 5.82 Å². The van der Waals surface area contributed by atoms with Crippen molar-refractivity contribution < 1.29 is 0 Å². The van der Waals surface area contributed by atoms with Crippen LogP contribution in [0.15, 0.2) is 40.9 Å². The molecule has 1 N–H and O–H groups in total. The summed E-state index contributed by atoms with van der Waals surface area (Å²) in [5.74, 6) is 0.925. The van der Waals surface area contributed by atoms with Crippen molar-refractivity contribution in [3.8, 4) is 11.3 Å². The Hall–Kier alpha value is -1.46. The highest BCUT2D eigenvalue weighted by Crippen LogP contribution is 2.26. The maximum Gasteiger partial charge on any atom is 0.151 e. The first kappa shape index (κ1) is 13.5. The van der Waals surface area contributed by atoms with Crippen LogP contribution in [0.25, 0.3) is 11.3 Å². The van der Waals surface area contributed by atoms with E-state index >= 15 is 0 Å². The molecule has 0 radical (unpaired) electrons. The number of anilines is 1. The Balaban J connectivity index is 1.82. The maximum atomic E-state index is 4.37. The number of hydrogen-bond acceptors (Lipinski definition) is 4. The van der Waals surface area contributed by atoms with Gasteiger partial charge in [-0.3, -0.25) is 0 Å². The van der Waals surface area contributed by atoms with Gasteiger partial charge >= 0.3 is 0 Å². The summed E-state index contributed by atoms with van der Waals surface area (Å²) >= 11 is 3.55. The number of nitrogens with one attached hydrogen (secondary N) is 1. The Labute approximate surface area is 127 Å². The lowest BCUT2D eigenvalue weighted by atomic mass is 10.1. The van der Waals surface area contributed by atoms with Gasteiger partial charge in [0.25, 0.3) is 0 Å². The molecule has 3 rings (SSSR count). The summed E-state index contributed by atoms with van der Waals surface area (Å²) < 4.78 is 1.04. The fourth-order valence-corrected chi connectivity index (χ4v) is 2.97. The van der Waals surface area contributed by atoms with E-state index in [9.17, 15) is 0 Å². The molecule has 0 amide bonds. The normalized spacial score (nSPS) is 18.2. The molecule has 1 unspecified atom stereocenters. The van der Waals surface area contributed by atoms with Gasteiger partial charge in [-0.25, -0.2) is 0 Å². The minimum atomic E-state index is 0.513. The molecule has 5 heteroatoms. The molecule has 1 aromatic heterocycles. The lowest BCUT2D eigenvalue weighted by Gasteiger charge is -2.24. The van der Waals surface area contributed by atoms with Crippen LogP contribution in [0.5, 0.6) is 0 Å². The molecule has 1 aliphatic heterocycles. The molecule has 1 atom stereocenters. The third kappa shape index (κ3) is 2.69. The molecule has 20 heavy (non-hydrogen) atoms. The predicted molar refractivity (Wildman–Crippen MR) is 84.8 cm³/mol. The molecular weight excluding hydrogens is 316 g/mol. The first-order chi connectivity index (χ1) is 9.75. The SMILES string of the molecule is CN(c1ccc(-c2ccccc2Br)nn1)C1CCNC1. The van der Waals surface area contributed by atoms with Gasteiger partial charge in [-0.1, -0.05) is 34.1 Å². The molecule has 4 nitrogen and oxygen atoms in total. The third-order valence-electron chi connectivity index (χ3n) is 3.74. The molecule has 2 aromatic rings. The van der Waals surface area contributed by atoms with Gasteiger partial charge in [0.2, 0.25) is 0 Å². The summed E-state index contributed by atoms with van der Waals surface area (Å²) in [5, 5.41) is 12.1. The minimum absolute atomic E-state index is 0.513. The van der Waals surface area contributed by atoms with Crippen molar-refractivity contribution >= 4 is 21.7 Å². The zero-order valence-electron chi connectivity index (χ0n) is 11.4. The summed E-state index contributed by atoms with van der Waals surface area (Å²) in [6.07, 6.45) is 1.16. The van der Waals surface area contributed by atoms with Gasteiger partial charge < -0.3 is 10.2 Å². The monoisotopic (exact) mass is 332 g/mol. The van der Waals surface area contributed by atoms with Crippen molar-refractivity contribution in [1.29, 1.82) is 0 Å². The summed E-state index contributed by atoms with van der Waals surface area (Å²) in [7, 11) is 2.08. The lowest BCUT2D eigenvalue weighted by Crippen LogP contribution is -2.34. The van der Waals surface area contributed by atoms with Gasteiger partial charge in [0, 0.05) is 29.7 Å². The summed E-state index contributed by atoms with van der Waals surface area (Å²) in [6.45, 7) is 2.10. The molecule has 1 fully saturated rings. The van der Waals surface area contributed by atoms with E-state index in [2.05, 4.69) is 43.4 Å².